The van der Waals surface area contributed by atoms with Crippen molar-refractivity contribution in [2.45, 2.75) is 31.3 Å². The van der Waals surface area contributed by atoms with Crippen LogP contribution in [0.3, 0.4) is 0 Å². The van der Waals surface area contributed by atoms with Crippen molar-refractivity contribution in [3.63, 3.8) is 0 Å². The zero-order valence-corrected chi connectivity index (χ0v) is 10.1. The molecule has 9 nitrogen and oxygen atoms in total. The second kappa shape index (κ2) is 6.39. The number of rotatable bonds is 5. The normalized spacial score (nSPS) is 29.5. The Balaban J connectivity index is 3.04. The van der Waals surface area contributed by atoms with E-state index < -0.39 is 48.6 Å². The number of nitrogens with zero attached hydrogens (tertiary/aromatic N) is 3. The van der Waals surface area contributed by atoms with Gasteiger partial charge in [-0.2, -0.15) is 0 Å². The number of azide groups is 1. The molecule has 5 atom stereocenters. The average molecular weight is 273 g/mol. The van der Waals surface area contributed by atoms with E-state index in [9.17, 15) is 15.0 Å². The highest BCUT2D eigenvalue weighted by Crippen LogP contribution is 2.29. The molecule has 0 radical (unpaired) electrons. The lowest BCUT2D eigenvalue weighted by molar-refractivity contribution is -0.146. The molecule has 0 spiro atoms. The predicted molar refractivity (Wildman–Crippen MR) is 61.8 cm³/mol. The van der Waals surface area contributed by atoms with Crippen molar-refractivity contribution >= 4 is 5.97 Å². The molecular formula is C10H15N3O6. The number of hydrogen-bond acceptors (Lipinski definition) is 6. The Labute approximate surface area is 108 Å². The zero-order valence-electron chi connectivity index (χ0n) is 10.1. The lowest BCUT2D eigenvalue weighted by Crippen LogP contribution is -2.49. The first-order valence-electron chi connectivity index (χ1n) is 5.55. The number of carboxylic acid groups (broad SMARTS) is 1. The van der Waals surface area contributed by atoms with Crippen LogP contribution in [0.25, 0.3) is 10.4 Å². The molecule has 1 rings (SSSR count). The number of aliphatic carboxylic acids is 1. The first-order chi connectivity index (χ1) is 8.92. The van der Waals surface area contributed by atoms with Crippen molar-refractivity contribution in [2.24, 2.45) is 11.0 Å². The average Bonchev–Trinajstić information content (AvgIpc) is 2.39. The van der Waals surface area contributed by atoms with E-state index in [2.05, 4.69) is 10.0 Å². The maximum atomic E-state index is 10.9. The van der Waals surface area contributed by atoms with E-state index >= 15 is 0 Å². The van der Waals surface area contributed by atoms with Gasteiger partial charge in [-0.15, -0.1) is 0 Å². The lowest BCUT2D eigenvalue weighted by atomic mass is 9.88. The van der Waals surface area contributed by atoms with Gasteiger partial charge >= 0.3 is 5.97 Å². The minimum Gasteiger partial charge on any atom is -0.480 e. The molecule has 1 heterocycles. The molecule has 0 amide bonds. The van der Waals surface area contributed by atoms with Gasteiger partial charge in [0.2, 0.25) is 5.76 Å². The first-order valence-corrected chi connectivity index (χ1v) is 5.55. The van der Waals surface area contributed by atoms with Gasteiger partial charge in [-0.1, -0.05) is 12.0 Å². The summed E-state index contributed by atoms with van der Waals surface area (Å²) in [7, 11) is 0. The maximum Gasteiger partial charge on any atom is 0.370 e. The third-order valence-electron chi connectivity index (χ3n) is 2.96. The summed E-state index contributed by atoms with van der Waals surface area (Å²) in [6.45, 7) is 0.874. The van der Waals surface area contributed by atoms with Crippen molar-refractivity contribution in [3.8, 4) is 0 Å². The Morgan fingerprint density at radius 1 is 1.63 bits per heavy atom. The van der Waals surface area contributed by atoms with Crippen molar-refractivity contribution in [2.75, 3.05) is 6.61 Å². The molecule has 0 bridgehead atoms. The highest BCUT2D eigenvalue weighted by Gasteiger charge is 2.40. The number of aliphatic hydroxyl groups excluding tert-OH is 3. The molecule has 1 aliphatic heterocycles. The fourth-order valence-electron chi connectivity index (χ4n) is 1.82. The van der Waals surface area contributed by atoms with Gasteiger partial charge < -0.3 is 25.2 Å². The summed E-state index contributed by atoms with van der Waals surface area (Å²) < 4.78 is 5.08. The van der Waals surface area contributed by atoms with Gasteiger partial charge in [0.25, 0.3) is 0 Å². The number of ether oxygens (including phenoxy) is 1. The fourth-order valence-corrected chi connectivity index (χ4v) is 1.82. The molecule has 0 aromatic carbocycles. The number of carbonyl (C=O) groups is 1. The van der Waals surface area contributed by atoms with Crippen LogP contribution >= 0.6 is 0 Å². The fraction of sp³-hybridized carbons (Fsp3) is 0.700. The van der Waals surface area contributed by atoms with Gasteiger partial charge in [0.1, 0.15) is 18.3 Å². The Bertz CT molecular complexity index is 419. The summed E-state index contributed by atoms with van der Waals surface area (Å²) in [5, 5.41) is 40.3. The molecule has 0 saturated carbocycles. The number of aliphatic hydroxyl groups is 3. The standard InChI is InChI=1S/C10H15N3O6/c1-4-5(12-13-11)2-7(10(17)18)19-9(4)8(16)6(15)3-14/h2,4-6,8-9,14-16H,3H2,1H3,(H,17,18)/t4-,5?,6-,8-,9?/m1/s1. The third-order valence-corrected chi connectivity index (χ3v) is 2.96. The molecule has 0 aromatic rings. The quantitative estimate of drug-likeness (QED) is 0.297. The Kier molecular flexibility index (Phi) is 5.13. The Hall–Kier alpha value is -1.80. The molecule has 0 aliphatic carbocycles. The van der Waals surface area contributed by atoms with Crippen LogP contribution in [-0.4, -0.2) is 57.4 Å². The molecule has 19 heavy (non-hydrogen) atoms. The van der Waals surface area contributed by atoms with Crippen LogP contribution in [0, 0.1) is 5.92 Å². The van der Waals surface area contributed by atoms with Gasteiger partial charge in [-0.05, 0) is 11.6 Å². The van der Waals surface area contributed by atoms with E-state index in [1.54, 1.807) is 6.92 Å². The van der Waals surface area contributed by atoms with Gasteiger partial charge in [0.15, 0.2) is 0 Å². The van der Waals surface area contributed by atoms with Crippen LogP contribution < -0.4 is 0 Å². The largest absolute Gasteiger partial charge is 0.480 e. The second-order valence-electron chi connectivity index (χ2n) is 4.21. The zero-order chi connectivity index (χ0) is 14.6. The van der Waals surface area contributed by atoms with Gasteiger partial charge in [-0.3, -0.25) is 0 Å². The summed E-state index contributed by atoms with van der Waals surface area (Å²) >= 11 is 0. The van der Waals surface area contributed by atoms with Crippen LogP contribution in [0.1, 0.15) is 6.92 Å². The van der Waals surface area contributed by atoms with Crippen molar-refractivity contribution < 1.29 is 30.0 Å². The summed E-state index contributed by atoms with van der Waals surface area (Å²) in [6.07, 6.45) is -2.94. The minimum absolute atomic E-state index is 0.468. The molecular weight excluding hydrogens is 258 g/mol. The smallest absolute Gasteiger partial charge is 0.370 e. The Morgan fingerprint density at radius 3 is 2.74 bits per heavy atom. The first kappa shape index (κ1) is 15.3. The molecule has 2 unspecified atom stereocenters. The van der Waals surface area contributed by atoms with E-state index in [0.29, 0.717) is 0 Å². The summed E-state index contributed by atoms with van der Waals surface area (Å²) in [5.41, 5.74) is 8.43. The van der Waals surface area contributed by atoms with Crippen molar-refractivity contribution in [1.29, 1.82) is 0 Å². The van der Waals surface area contributed by atoms with Crippen LogP contribution in [0.4, 0.5) is 0 Å². The number of hydrogen-bond donors (Lipinski definition) is 4. The van der Waals surface area contributed by atoms with E-state index in [4.69, 9.17) is 20.5 Å². The highest BCUT2D eigenvalue weighted by atomic mass is 16.5. The molecule has 1 aliphatic rings. The predicted octanol–water partition coefficient (Wildman–Crippen LogP) is -0.617. The van der Waals surface area contributed by atoms with E-state index in [1.807, 2.05) is 0 Å². The van der Waals surface area contributed by atoms with Gasteiger partial charge in [0.05, 0.1) is 12.6 Å². The SMILES string of the molecule is C[C@@H]1C(N=[N+]=[N-])C=C(C(=O)O)OC1[C@H](O)[C@H](O)CO. The van der Waals surface area contributed by atoms with Crippen molar-refractivity contribution in [3.05, 3.63) is 22.3 Å². The van der Waals surface area contributed by atoms with Gasteiger partial charge in [-0.25, -0.2) is 4.79 Å². The third kappa shape index (κ3) is 3.36. The lowest BCUT2D eigenvalue weighted by Gasteiger charge is -2.36. The molecule has 0 aromatic heterocycles. The van der Waals surface area contributed by atoms with E-state index in [0.717, 1.165) is 6.08 Å². The van der Waals surface area contributed by atoms with Crippen LogP contribution in [0.2, 0.25) is 0 Å². The van der Waals surface area contributed by atoms with E-state index in [-0.39, 0.29) is 0 Å². The highest BCUT2D eigenvalue weighted by molar-refractivity contribution is 5.84. The van der Waals surface area contributed by atoms with Gasteiger partial charge in [0, 0.05) is 10.8 Å². The molecule has 106 valence electrons. The summed E-state index contributed by atoms with van der Waals surface area (Å²) in [6, 6.07) is -0.824. The molecule has 9 heteroatoms. The van der Waals surface area contributed by atoms with E-state index in [1.165, 1.54) is 0 Å². The molecule has 4 N–H and O–H groups in total. The maximum absolute atomic E-state index is 10.9. The topological polar surface area (TPSA) is 156 Å². The number of carboxylic acids is 1. The Morgan fingerprint density at radius 2 is 2.26 bits per heavy atom. The van der Waals surface area contributed by atoms with Crippen LogP contribution in [-0.2, 0) is 9.53 Å². The van der Waals surface area contributed by atoms with Crippen molar-refractivity contribution in [1.82, 2.24) is 0 Å². The summed E-state index contributed by atoms with van der Waals surface area (Å²) in [5.74, 6) is -2.40. The molecule has 0 fully saturated rings. The van der Waals surface area contributed by atoms with Crippen LogP contribution in [0.5, 0.6) is 0 Å². The molecule has 0 saturated heterocycles. The minimum atomic E-state index is -1.50. The monoisotopic (exact) mass is 273 g/mol. The second-order valence-corrected chi connectivity index (χ2v) is 4.21. The summed E-state index contributed by atoms with van der Waals surface area (Å²) in [4.78, 5) is 13.5. The van der Waals surface area contributed by atoms with Crippen LogP contribution in [0.15, 0.2) is 16.9 Å².